The Bertz CT molecular complexity index is 1170. The lowest BCUT2D eigenvalue weighted by atomic mass is 10.1. The molecule has 2 aromatic carbocycles. The number of aryl methyl sites for hydroxylation is 1. The SMILES string of the molecule is CCNC(=O)[C@H](C)N(Cc1cccc(C)c1)C(=O)CCCN(c1cccc(C(F)(F)F)c1)S(C)(=O)=O. The van der Waals surface area contributed by atoms with Gasteiger partial charge >= 0.3 is 6.18 Å². The zero-order chi connectivity index (χ0) is 27.1. The number of carbonyl (C=O) groups excluding carboxylic acids is 2. The number of benzene rings is 2. The van der Waals surface area contributed by atoms with Crippen molar-refractivity contribution in [2.24, 2.45) is 0 Å². The van der Waals surface area contributed by atoms with Crippen molar-refractivity contribution in [1.29, 1.82) is 0 Å². The van der Waals surface area contributed by atoms with Gasteiger partial charge in [-0.15, -0.1) is 0 Å². The molecule has 0 bridgehead atoms. The zero-order valence-corrected chi connectivity index (χ0v) is 21.6. The molecule has 1 N–H and O–H groups in total. The van der Waals surface area contributed by atoms with Gasteiger partial charge in [0.1, 0.15) is 6.04 Å². The Hall–Kier alpha value is -3.08. The molecule has 0 aliphatic carbocycles. The van der Waals surface area contributed by atoms with Gasteiger partial charge in [-0.3, -0.25) is 13.9 Å². The Balaban J connectivity index is 2.20. The molecule has 0 heterocycles. The van der Waals surface area contributed by atoms with E-state index >= 15 is 0 Å². The molecule has 198 valence electrons. The van der Waals surface area contributed by atoms with Gasteiger partial charge in [-0.25, -0.2) is 8.42 Å². The molecule has 0 saturated carbocycles. The van der Waals surface area contributed by atoms with Crippen molar-refractivity contribution in [1.82, 2.24) is 10.2 Å². The predicted octanol–water partition coefficient (Wildman–Crippen LogP) is 4.11. The number of nitrogens with one attached hydrogen (secondary N) is 1. The number of rotatable bonds is 11. The number of halogens is 3. The average Bonchev–Trinajstić information content (AvgIpc) is 2.78. The lowest BCUT2D eigenvalue weighted by Crippen LogP contribution is -2.47. The minimum Gasteiger partial charge on any atom is -0.355 e. The smallest absolute Gasteiger partial charge is 0.355 e. The molecule has 2 amide bonds. The first-order valence-corrected chi connectivity index (χ1v) is 13.4. The first-order chi connectivity index (χ1) is 16.7. The minimum atomic E-state index is -4.62. The van der Waals surface area contributed by atoms with Crippen LogP contribution in [-0.4, -0.2) is 50.5 Å². The molecule has 0 unspecified atom stereocenters. The lowest BCUT2D eigenvalue weighted by Gasteiger charge is -2.29. The molecule has 0 saturated heterocycles. The number of hydrogen-bond donors (Lipinski definition) is 1. The van der Waals surface area contributed by atoms with Crippen molar-refractivity contribution in [3.8, 4) is 0 Å². The van der Waals surface area contributed by atoms with Crippen LogP contribution in [0.4, 0.5) is 18.9 Å². The summed E-state index contributed by atoms with van der Waals surface area (Å²) < 4.78 is 64.9. The third-order valence-corrected chi connectivity index (χ3v) is 6.76. The Kier molecular flexibility index (Phi) is 9.92. The second kappa shape index (κ2) is 12.2. The predicted molar refractivity (Wildman–Crippen MR) is 133 cm³/mol. The van der Waals surface area contributed by atoms with Crippen LogP contribution in [-0.2, 0) is 32.3 Å². The maximum atomic E-state index is 13.2. The molecular formula is C25H32F3N3O4S. The van der Waals surface area contributed by atoms with E-state index in [0.717, 1.165) is 39.9 Å². The van der Waals surface area contributed by atoms with Crippen LogP contribution < -0.4 is 9.62 Å². The molecule has 36 heavy (non-hydrogen) atoms. The topological polar surface area (TPSA) is 86.8 Å². The fourth-order valence-corrected chi connectivity index (χ4v) is 4.71. The number of amides is 2. The number of nitrogens with zero attached hydrogens (tertiary/aromatic N) is 2. The molecule has 0 radical (unpaired) electrons. The Morgan fingerprint density at radius 2 is 1.75 bits per heavy atom. The molecule has 2 aromatic rings. The highest BCUT2D eigenvalue weighted by Crippen LogP contribution is 2.32. The summed E-state index contributed by atoms with van der Waals surface area (Å²) in [6.45, 7) is 5.68. The van der Waals surface area contributed by atoms with E-state index in [2.05, 4.69) is 5.32 Å². The summed E-state index contributed by atoms with van der Waals surface area (Å²) in [6.07, 6.45) is -3.77. The molecule has 0 fully saturated rings. The van der Waals surface area contributed by atoms with Gasteiger partial charge in [0.25, 0.3) is 0 Å². The van der Waals surface area contributed by atoms with Gasteiger partial charge in [0.05, 0.1) is 17.5 Å². The van der Waals surface area contributed by atoms with Gasteiger partial charge in [0.2, 0.25) is 21.8 Å². The fourth-order valence-electron chi connectivity index (χ4n) is 3.75. The van der Waals surface area contributed by atoms with Crippen LogP contribution in [0.15, 0.2) is 48.5 Å². The summed E-state index contributed by atoms with van der Waals surface area (Å²) in [5.74, 6) is -0.687. The van der Waals surface area contributed by atoms with Gasteiger partial charge in [0.15, 0.2) is 0 Å². The summed E-state index contributed by atoms with van der Waals surface area (Å²) in [5.41, 5.74) is 0.730. The molecule has 1 atom stereocenters. The highest BCUT2D eigenvalue weighted by molar-refractivity contribution is 7.92. The number of likely N-dealkylation sites (N-methyl/N-ethyl adjacent to an activating group) is 1. The number of anilines is 1. The number of alkyl halides is 3. The third-order valence-electron chi connectivity index (χ3n) is 5.57. The molecule has 2 rings (SSSR count). The normalized spacial score (nSPS) is 12.6. The molecule has 0 aromatic heterocycles. The van der Waals surface area contributed by atoms with Crippen molar-refractivity contribution in [2.45, 2.75) is 52.4 Å². The quantitative estimate of drug-likeness (QED) is 0.477. The first-order valence-electron chi connectivity index (χ1n) is 11.5. The Morgan fingerprint density at radius 3 is 2.33 bits per heavy atom. The van der Waals surface area contributed by atoms with Crippen molar-refractivity contribution < 1.29 is 31.2 Å². The summed E-state index contributed by atoms with van der Waals surface area (Å²) in [5, 5.41) is 2.70. The van der Waals surface area contributed by atoms with Crippen LogP contribution in [0.2, 0.25) is 0 Å². The second-order valence-corrected chi connectivity index (χ2v) is 10.5. The Labute approximate surface area is 210 Å². The van der Waals surface area contributed by atoms with E-state index in [1.165, 1.54) is 11.0 Å². The molecule has 0 aliphatic heterocycles. The number of carbonyl (C=O) groups is 2. The van der Waals surface area contributed by atoms with Crippen LogP contribution in [0.1, 0.15) is 43.4 Å². The molecular weight excluding hydrogens is 495 g/mol. The highest BCUT2D eigenvalue weighted by atomic mass is 32.2. The number of sulfonamides is 1. The van der Waals surface area contributed by atoms with Crippen LogP contribution in [0, 0.1) is 6.92 Å². The van der Waals surface area contributed by atoms with Gasteiger partial charge in [-0.2, -0.15) is 13.2 Å². The fraction of sp³-hybridized carbons (Fsp3) is 0.440. The molecule has 7 nitrogen and oxygen atoms in total. The maximum Gasteiger partial charge on any atom is 0.416 e. The van der Waals surface area contributed by atoms with Crippen LogP contribution in [0.5, 0.6) is 0 Å². The summed E-state index contributed by atoms with van der Waals surface area (Å²) in [6, 6.07) is 10.8. The largest absolute Gasteiger partial charge is 0.416 e. The van der Waals surface area contributed by atoms with Crippen LogP contribution in [0.3, 0.4) is 0 Å². The summed E-state index contributed by atoms with van der Waals surface area (Å²) >= 11 is 0. The molecule has 0 spiro atoms. The van der Waals surface area contributed by atoms with Crippen molar-refractivity contribution in [3.63, 3.8) is 0 Å². The van der Waals surface area contributed by atoms with Crippen molar-refractivity contribution in [2.75, 3.05) is 23.7 Å². The maximum absolute atomic E-state index is 13.2. The zero-order valence-electron chi connectivity index (χ0n) is 20.8. The van der Waals surface area contributed by atoms with E-state index in [4.69, 9.17) is 0 Å². The van der Waals surface area contributed by atoms with E-state index in [-0.39, 0.29) is 43.4 Å². The third kappa shape index (κ3) is 8.25. The summed E-state index contributed by atoms with van der Waals surface area (Å²) in [4.78, 5) is 27.1. The molecule has 0 aliphatic rings. The highest BCUT2D eigenvalue weighted by Gasteiger charge is 2.32. The van der Waals surface area contributed by atoms with Gasteiger partial charge in [-0.05, 0) is 51.0 Å². The van der Waals surface area contributed by atoms with Crippen LogP contribution >= 0.6 is 0 Å². The van der Waals surface area contributed by atoms with E-state index in [1.807, 2.05) is 31.2 Å². The van der Waals surface area contributed by atoms with Gasteiger partial charge < -0.3 is 10.2 Å². The lowest BCUT2D eigenvalue weighted by molar-refractivity contribution is -0.140. The summed E-state index contributed by atoms with van der Waals surface area (Å²) in [7, 11) is -3.91. The van der Waals surface area contributed by atoms with Crippen molar-refractivity contribution in [3.05, 3.63) is 65.2 Å². The van der Waals surface area contributed by atoms with E-state index in [1.54, 1.807) is 13.8 Å². The van der Waals surface area contributed by atoms with Crippen molar-refractivity contribution >= 4 is 27.5 Å². The number of hydrogen-bond acceptors (Lipinski definition) is 4. The minimum absolute atomic E-state index is 0.0502. The monoisotopic (exact) mass is 527 g/mol. The van der Waals surface area contributed by atoms with Crippen LogP contribution in [0.25, 0.3) is 0 Å². The van der Waals surface area contributed by atoms with Gasteiger partial charge in [-0.1, -0.05) is 35.9 Å². The van der Waals surface area contributed by atoms with E-state index in [0.29, 0.717) is 6.54 Å². The van der Waals surface area contributed by atoms with E-state index in [9.17, 15) is 31.2 Å². The second-order valence-electron chi connectivity index (χ2n) is 8.57. The average molecular weight is 528 g/mol. The standard InChI is InChI=1S/C25H32F3N3O4S/c1-5-29-24(33)19(3)30(17-20-10-6-9-18(2)15-20)23(32)13-8-14-31(36(4,34)35)22-12-7-11-21(16-22)25(26,27)28/h6-7,9-12,15-16,19H,5,8,13-14,17H2,1-4H3,(H,29,33)/t19-/m0/s1. The Morgan fingerprint density at radius 1 is 1.08 bits per heavy atom. The van der Waals surface area contributed by atoms with Gasteiger partial charge in [0, 0.05) is 26.1 Å². The first kappa shape index (κ1) is 29.2. The molecule has 11 heteroatoms. The van der Waals surface area contributed by atoms with E-state index < -0.39 is 27.8 Å².